The second kappa shape index (κ2) is 8.27. The second-order valence-corrected chi connectivity index (χ2v) is 8.66. The number of aryl methyl sites for hydroxylation is 1. The van der Waals surface area contributed by atoms with E-state index in [1.807, 2.05) is 30.3 Å². The summed E-state index contributed by atoms with van der Waals surface area (Å²) < 4.78 is 5.14. The average molecular weight is 422 g/mol. The lowest BCUT2D eigenvalue weighted by Gasteiger charge is -2.12. The van der Waals surface area contributed by atoms with Gasteiger partial charge in [-0.25, -0.2) is 0 Å². The fourth-order valence-corrected chi connectivity index (χ4v) is 4.76. The molecular formula is C23H19NO3S2. The van der Waals surface area contributed by atoms with Crippen LogP contribution in [0.2, 0.25) is 0 Å². The van der Waals surface area contributed by atoms with Crippen LogP contribution in [0.3, 0.4) is 0 Å². The number of methoxy groups -OCH3 is 1. The average Bonchev–Trinajstić information content (AvgIpc) is 3.29. The molecule has 4 rings (SSSR count). The molecule has 6 heteroatoms. The number of amides is 2. The van der Waals surface area contributed by atoms with Gasteiger partial charge in [0.25, 0.3) is 11.1 Å². The SMILES string of the molecule is COc1ccc(CN2C(=O)S/C(=C\c3cc(-c4ccc(C)cc4)cs3)C2=O)cc1. The van der Waals surface area contributed by atoms with E-state index in [0.29, 0.717) is 4.91 Å². The first-order valence-electron chi connectivity index (χ1n) is 9.07. The standard InChI is InChI=1S/C23H19NO3S2/c1-15-3-7-17(8-4-15)18-11-20(28-14-18)12-21-22(25)24(23(26)29-21)13-16-5-9-19(27-2)10-6-16/h3-12,14H,13H2,1-2H3/b21-12-. The number of nitrogens with zero attached hydrogens (tertiary/aromatic N) is 1. The van der Waals surface area contributed by atoms with E-state index in [1.165, 1.54) is 10.5 Å². The third-order valence-electron chi connectivity index (χ3n) is 4.65. The van der Waals surface area contributed by atoms with E-state index in [2.05, 4.69) is 36.6 Å². The van der Waals surface area contributed by atoms with Gasteiger partial charge < -0.3 is 4.74 Å². The second-order valence-electron chi connectivity index (χ2n) is 6.72. The number of imide groups is 1. The molecule has 1 aliphatic heterocycles. The van der Waals surface area contributed by atoms with Crippen molar-refractivity contribution in [3.8, 4) is 16.9 Å². The van der Waals surface area contributed by atoms with Crippen molar-refractivity contribution in [1.82, 2.24) is 4.90 Å². The summed E-state index contributed by atoms with van der Waals surface area (Å²) in [5.74, 6) is 0.492. The highest BCUT2D eigenvalue weighted by Crippen LogP contribution is 2.35. The third-order valence-corrected chi connectivity index (χ3v) is 6.44. The van der Waals surface area contributed by atoms with Crippen molar-refractivity contribution in [2.75, 3.05) is 7.11 Å². The van der Waals surface area contributed by atoms with Gasteiger partial charge >= 0.3 is 0 Å². The molecule has 146 valence electrons. The molecule has 1 aliphatic rings. The molecule has 0 unspecified atom stereocenters. The van der Waals surface area contributed by atoms with E-state index in [-0.39, 0.29) is 17.7 Å². The molecule has 3 aromatic rings. The molecule has 0 bridgehead atoms. The molecule has 0 atom stereocenters. The van der Waals surface area contributed by atoms with Crippen LogP contribution in [0.4, 0.5) is 4.79 Å². The summed E-state index contributed by atoms with van der Waals surface area (Å²) in [5, 5.41) is 1.82. The van der Waals surface area contributed by atoms with Gasteiger partial charge in [0.2, 0.25) is 0 Å². The van der Waals surface area contributed by atoms with Crippen LogP contribution in [0.1, 0.15) is 16.0 Å². The van der Waals surface area contributed by atoms with Crippen molar-refractivity contribution in [3.63, 3.8) is 0 Å². The van der Waals surface area contributed by atoms with E-state index in [9.17, 15) is 9.59 Å². The van der Waals surface area contributed by atoms with Crippen LogP contribution in [-0.4, -0.2) is 23.2 Å². The van der Waals surface area contributed by atoms with Gasteiger partial charge in [-0.05, 0) is 65.0 Å². The van der Waals surface area contributed by atoms with E-state index >= 15 is 0 Å². The molecule has 0 N–H and O–H groups in total. The van der Waals surface area contributed by atoms with E-state index in [0.717, 1.165) is 39.1 Å². The molecule has 1 saturated heterocycles. The molecule has 4 nitrogen and oxygen atoms in total. The molecule has 0 radical (unpaired) electrons. The zero-order valence-electron chi connectivity index (χ0n) is 16.0. The number of carbonyl (C=O) groups excluding carboxylic acids is 2. The Morgan fingerprint density at radius 2 is 1.72 bits per heavy atom. The molecular weight excluding hydrogens is 402 g/mol. The Labute approximate surface area is 177 Å². The lowest BCUT2D eigenvalue weighted by atomic mass is 10.1. The molecule has 0 spiro atoms. The summed E-state index contributed by atoms with van der Waals surface area (Å²) >= 11 is 2.55. The Balaban J connectivity index is 1.50. The fourth-order valence-electron chi connectivity index (χ4n) is 3.00. The van der Waals surface area contributed by atoms with Crippen molar-refractivity contribution in [1.29, 1.82) is 0 Å². The highest BCUT2D eigenvalue weighted by atomic mass is 32.2. The maximum absolute atomic E-state index is 12.8. The van der Waals surface area contributed by atoms with Crippen LogP contribution in [0, 0.1) is 6.92 Å². The first-order valence-corrected chi connectivity index (χ1v) is 10.8. The number of hydrogen-bond donors (Lipinski definition) is 0. The van der Waals surface area contributed by atoms with Crippen LogP contribution in [-0.2, 0) is 11.3 Å². The predicted molar refractivity (Wildman–Crippen MR) is 119 cm³/mol. The van der Waals surface area contributed by atoms with Gasteiger partial charge in [0.05, 0.1) is 18.6 Å². The van der Waals surface area contributed by atoms with Crippen LogP contribution >= 0.6 is 23.1 Å². The summed E-state index contributed by atoms with van der Waals surface area (Å²) in [5.41, 5.74) is 4.35. The van der Waals surface area contributed by atoms with Crippen molar-refractivity contribution in [3.05, 3.63) is 80.9 Å². The summed E-state index contributed by atoms with van der Waals surface area (Å²) in [6.45, 7) is 2.32. The number of benzene rings is 2. The summed E-state index contributed by atoms with van der Waals surface area (Å²) in [6.07, 6.45) is 1.81. The minimum atomic E-state index is -0.249. The molecule has 1 fully saturated rings. The van der Waals surface area contributed by atoms with E-state index in [1.54, 1.807) is 24.5 Å². The van der Waals surface area contributed by atoms with Gasteiger partial charge in [-0.3, -0.25) is 14.5 Å². The topological polar surface area (TPSA) is 46.6 Å². The van der Waals surface area contributed by atoms with Gasteiger partial charge in [0.1, 0.15) is 5.75 Å². The van der Waals surface area contributed by atoms with Crippen LogP contribution in [0.5, 0.6) is 5.75 Å². The number of thioether (sulfide) groups is 1. The highest BCUT2D eigenvalue weighted by molar-refractivity contribution is 8.18. The highest BCUT2D eigenvalue weighted by Gasteiger charge is 2.35. The molecule has 2 amide bonds. The summed E-state index contributed by atoms with van der Waals surface area (Å²) in [6, 6.07) is 17.7. The van der Waals surface area contributed by atoms with Gasteiger partial charge in [0.15, 0.2) is 0 Å². The molecule has 2 aromatic carbocycles. The Bertz CT molecular complexity index is 1080. The maximum Gasteiger partial charge on any atom is 0.293 e. The minimum absolute atomic E-state index is 0.243. The zero-order valence-corrected chi connectivity index (χ0v) is 17.7. The van der Waals surface area contributed by atoms with Gasteiger partial charge in [-0.2, -0.15) is 0 Å². The normalized spacial score (nSPS) is 15.4. The van der Waals surface area contributed by atoms with Crippen molar-refractivity contribution in [2.24, 2.45) is 0 Å². The van der Waals surface area contributed by atoms with Crippen LogP contribution < -0.4 is 4.74 Å². The molecule has 29 heavy (non-hydrogen) atoms. The lowest BCUT2D eigenvalue weighted by Crippen LogP contribution is -2.27. The number of thiophene rings is 1. The smallest absolute Gasteiger partial charge is 0.293 e. The Hall–Kier alpha value is -2.83. The predicted octanol–water partition coefficient (Wildman–Crippen LogP) is 5.97. The lowest BCUT2D eigenvalue weighted by molar-refractivity contribution is -0.123. The van der Waals surface area contributed by atoms with Gasteiger partial charge in [0, 0.05) is 4.88 Å². The van der Waals surface area contributed by atoms with Crippen LogP contribution in [0.25, 0.3) is 17.2 Å². The number of carbonyl (C=O) groups is 2. The quantitative estimate of drug-likeness (QED) is 0.476. The maximum atomic E-state index is 12.8. The van der Waals surface area contributed by atoms with Crippen molar-refractivity contribution in [2.45, 2.75) is 13.5 Å². The Morgan fingerprint density at radius 1 is 1.00 bits per heavy atom. The zero-order chi connectivity index (χ0) is 20.4. The molecule has 0 aliphatic carbocycles. The Kier molecular flexibility index (Phi) is 5.56. The Morgan fingerprint density at radius 3 is 2.41 bits per heavy atom. The van der Waals surface area contributed by atoms with E-state index in [4.69, 9.17) is 4.74 Å². The number of rotatable bonds is 5. The first kappa shape index (κ1) is 19.5. The molecule has 0 saturated carbocycles. The first-order chi connectivity index (χ1) is 14.0. The summed E-state index contributed by atoms with van der Waals surface area (Å²) in [4.78, 5) is 27.8. The van der Waals surface area contributed by atoms with Gasteiger partial charge in [-0.15, -0.1) is 11.3 Å². The van der Waals surface area contributed by atoms with Crippen LogP contribution in [0.15, 0.2) is 64.9 Å². The van der Waals surface area contributed by atoms with Crippen molar-refractivity contribution >= 4 is 40.3 Å². The van der Waals surface area contributed by atoms with Gasteiger partial charge in [-0.1, -0.05) is 42.0 Å². The van der Waals surface area contributed by atoms with E-state index < -0.39 is 0 Å². The van der Waals surface area contributed by atoms with Crippen molar-refractivity contribution < 1.29 is 14.3 Å². The molecule has 1 aromatic heterocycles. The third kappa shape index (κ3) is 4.28. The monoisotopic (exact) mass is 421 g/mol. The fraction of sp³-hybridized carbons (Fsp3) is 0.130. The number of hydrogen-bond acceptors (Lipinski definition) is 5. The largest absolute Gasteiger partial charge is 0.497 e. The minimum Gasteiger partial charge on any atom is -0.497 e. The summed E-state index contributed by atoms with van der Waals surface area (Å²) in [7, 11) is 1.60. The number of ether oxygens (including phenoxy) is 1. The molecule has 2 heterocycles.